The molecule has 1 aliphatic heterocycles. The van der Waals surface area contributed by atoms with Gasteiger partial charge in [0.15, 0.2) is 6.10 Å². The van der Waals surface area contributed by atoms with Crippen molar-refractivity contribution in [2.24, 2.45) is 10.7 Å². The average molecular weight is 379 g/mol. The van der Waals surface area contributed by atoms with Gasteiger partial charge in [0.05, 0.1) is 0 Å². The molecule has 0 saturated carbocycles. The molecule has 0 aliphatic carbocycles. The zero-order valence-corrected chi connectivity index (χ0v) is 14.9. The summed E-state index contributed by atoms with van der Waals surface area (Å²) in [6.07, 6.45) is -3.45. The Morgan fingerprint density at radius 3 is 2.77 bits per heavy atom. The second-order valence-corrected chi connectivity index (χ2v) is 7.02. The van der Waals surface area contributed by atoms with E-state index in [2.05, 4.69) is 26.6 Å². The number of aliphatic imine (C=N–C) groups is 1. The van der Waals surface area contributed by atoms with E-state index in [1.54, 1.807) is 26.2 Å². The molecule has 136 valence electrons. The summed E-state index contributed by atoms with van der Waals surface area (Å²) in [5.74, 6) is 5.74. The van der Waals surface area contributed by atoms with E-state index in [1.807, 2.05) is 17.5 Å². The zero-order chi connectivity index (χ0) is 18.9. The molecule has 0 aromatic carbocycles. The van der Waals surface area contributed by atoms with Crippen LogP contribution >= 0.6 is 11.3 Å². The Morgan fingerprint density at radius 2 is 2.08 bits per heavy atom. The Hall–Kier alpha value is -2.53. The minimum atomic E-state index is -4.50. The van der Waals surface area contributed by atoms with E-state index in [0.717, 1.165) is 16.7 Å². The molecule has 0 bridgehead atoms. The lowest BCUT2D eigenvalue weighted by Gasteiger charge is -2.34. The van der Waals surface area contributed by atoms with Crippen molar-refractivity contribution in [3.63, 3.8) is 0 Å². The quantitative estimate of drug-likeness (QED) is 0.801. The van der Waals surface area contributed by atoms with Crippen LogP contribution < -0.4 is 5.73 Å². The van der Waals surface area contributed by atoms with E-state index in [4.69, 9.17) is 5.73 Å². The first kappa shape index (κ1) is 18.3. The normalized spacial score (nSPS) is 22.8. The maximum Gasteiger partial charge on any atom is 0.425 e. The number of hydrogen-bond acceptors (Lipinski definition) is 5. The SMILES string of the molecule is CC#Cc1cncc(-c2csc(C3(C)CC(C(F)(F)F)OC(N)=N3)c2)c1. The lowest BCUT2D eigenvalue weighted by atomic mass is 9.91. The number of amidine groups is 1. The van der Waals surface area contributed by atoms with Crippen LogP contribution in [0.4, 0.5) is 13.2 Å². The highest BCUT2D eigenvalue weighted by atomic mass is 32.1. The van der Waals surface area contributed by atoms with Gasteiger partial charge in [-0.2, -0.15) is 13.2 Å². The second kappa shape index (κ2) is 6.65. The van der Waals surface area contributed by atoms with Gasteiger partial charge in [-0.15, -0.1) is 17.3 Å². The van der Waals surface area contributed by atoms with Gasteiger partial charge >= 0.3 is 6.18 Å². The molecular formula is C18H16F3N3OS. The van der Waals surface area contributed by atoms with Crippen molar-refractivity contribution in [1.82, 2.24) is 4.98 Å². The lowest BCUT2D eigenvalue weighted by Crippen LogP contribution is -2.45. The number of ether oxygens (including phenoxy) is 1. The minimum Gasteiger partial charge on any atom is -0.452 e. The zero-order valence-electron chi connectivity index (χ0n) is 14.1. The fourth-order valence-corrected chi connectivity index (χ4v) is 3.82. The number of halogens is 3. The first-order valence-electron chi connectivity index (χ1n) is 7.77. The predicted octanol–water partition coefficient (Wildman–Crippen LogP) is 4.06. The van der Waals surface area contributed by atoms with Crippen LogP contribution in [0.1, 0.15) is 30.7 Å². The van der Waals surface area contributed by atoms with Crippen LogP contribution in [-0.4, -0.2) is 23.3 Å². The molecule has 0 radical (unpaired) electrons. The van der Waals surface area contributed by atoms with Gasteiger partial charge in [0, 0.05) is 34.8 Å². The van der Waals surface area contributed by atoms with Crippen LogP contribution in [0.3, 0.4) is 0 Å². The monoisotopic (exact) mass is 379 g/mol. The fraction of sp³-hybridized carbons (Fsp3) is 0.333. The third-order valence-electron chi connectivity index (χ3n) is 4.04. The van der Waals surface area contributed by atoms with Gasteiger partial charge in [0.2, 0.25) is 0 Å². The molecule has 3 heterocycles. The van der Waals surface area contributed by atoms with E-state index in [-0.39, 0.29) is 6.42 Å². The number of thiophene rings is 1. The van der Waals surface area contributed by atoms with Gasteiger partial charge in [-0.25, -0.2) is 4.99 Å². The number of aromatic nitrogens is 1. The van der Waals surface area contributed by atoms with E-state index in [9.17, 15) is 13.2 Å². The van der Waals surface area contributed by atoms with E-state index in [0.29, 0.717) is 4.88 Å². The number of nitrogens with two attached hydrogens (primary N) is 1. The van der Waals surface area contributed by atoms with Gasteiger partial charge in [0.25, 0.3) is 6.02 Å². The molecule has 0 amide bonds. The van der Waals surface area contributed by atoms with E-state index in [1.165, 1.54) is 11.3 Å². The Kier molecular flexibility index (Phi) is 4.67. The molecule has 0 fully saturated rings. The summed E-state index contributed by atoms with van der Waals surface area (Å²) < 4.78 is 44.0. The molecular weight excluding hydrogens is 363 g/mol. The highest BCUT2D eigenvalue weighted by Crippen LogP contribution is 2.43. The molecule has 3 rings (SSSR count). The van der Waals surface area contributed by atoms with Crippen LogP contribution in [-0.2, 0) is 10.3 Å². The summed E-state index contributed by atoms with van der Waals surface area (Å²) >= 11 is 1.33. The Balaban J connectivity index is 1.94. The van der Waals surface area contributed by atoms with Crippen LogP contribution in [0.5, 0.6) is 0 Å². The van der Waals surface area contributed by atoms with Crippen LogP contribution in [0.2, 0.25) is 0 Å². The smallest absolute Gasteiger partial charge is 0.425 e. The first-order valence-corrected chi connectivity index (χ1v) is 8.65. The summed E-state index contributed by atoms with van der Waals surface area (Å²) in [6, 6.07) is 3.26. The van der Waals surface area contributed by atoms with E-state index >= 15 is 0 Å². The summed E-state index contributed by atoms with van der Waals surface area (Å²) in [7, 11) is 0. The lowest BCUT2D eigenvalue weighted by molar-refractivity contribution is -0.208. The number of pyridine rings is 1. The number of alkyl halides is 3. The van der Waals surface area contributed by atoms with Gasteiger partial charge < -0.3 is 10.5 Å². The van der Waals surface area contributed by atoms with Crippen LogP contribution in [0.15, 0.2) is 34.9 Å². The molecule has 0 saturated heterocycles. The van der Waals surface area contributed by atoms with Crippen molar-refractivity contribution >= 4 is 17.4 Å². The molecule has 2 atom stereocenters. The molecule has 4 nitrogen and oxygen atoms in total. The predicted molar refractivity (Wildman–Crippen MR) is 94.6 cm³/mol. The molecule has 8 heteroatoms. The molecule has 1 aliphatic rings. The molecule has 0 spiro atoms. The van der Waals surface area contributed by atoms with E-state index < -0.39 is 23.8 Å². The maximum absolute atomic E-state index is 13.1. The number of nitrogens with zero attached hydrogens (tertiary/aromatic N) is 2. The maximum atomic E-state index is 13.1. The van der Waals surface area contributed by atoms with Crippen molar-refractivity contribution in [2.45, 2.75) is 38.1 Å². The molecule has 2 unspecified atom stereocenters. The highest BCUT2D eigenvalue weighted by molar-refractivity contribution is 7.10. The van der Waals surface area contributed by atoms with Crippen molar-refractivity contribution in [3.8, 4) is 23.0 Å². The third-order valence-corrected chi connectivity index (χ3v) is 5.22. The largest absolute Gasteiger partial charge is 0.452 e. The molecule has 26 heavy (non-hydrogen) atoms. The van der Waals surface area contributed by atoms with Gasteiger partial charge in [-0.05, 0) is 36.9 Å². The van der Waals surface area contributed by atoms with Crippen molar-refractivity contribution in [1.29, 1.82) is 0 Å². The van der Waals surface area contributed by atoms with Crippen molar-refractivity contribution in [2.75, 3.05) is 0 Å². The average Bonchev–Trinajstić information content (AvgIpc) is 3.05. The van der Waals surface area contributed by atoms with Crippen molar-refractivity contribution < 1.29 is 17.9 Å². The van der Waals surface area contributed by atoms with Gasteiger partial charge in [0.1, 0.15) is 5.54 Å². The highest BCUT2D eigenvalue weighted by Gasteiger charge is 2.49. The third kappa shape index (κ3) is 3.68. The topological polar surface area (TPSA) is 60.5 Å². The molecule has 2 aromatic rings. The Labute approximate surface area is 152 Å². The summed E-state index contributed by atoms with van der Waals surface area (Å²) in [4.78, 5) is 8.99. The van der Waals surface area contributed by atoms with Gasteiger partial charge in [-0.3, -0.25) is 4.98 Å². The first-order chi connectivity index (χ1) is 12.2. The molecule has 2 aromatic heterocycles. The number of hydrogen-bond donors (Lipinski definition) is 1. The molecule has 2 N–H and O–H groups in total. The number of rotatable bonds is 2. The summed E-state index contributed by atoms with van der Waals surface area (Å²) in [5, 5.41) is 1.87. The Morgan fingerprint density at radius 1 is 1.31 bits per heavy atom. The standard InChI is InChI=1S/C18H16F3N3OS/c1-3-4-11-5-12(9-23-8-11)13-6-15(26-10-13)17(2)7-14(18(19,20)21)25-16(22)24-17/h5-6,8-10,14H,7H2,1-2H3,(H2,22,24). The fourth-order valence-electron chi connectivity index (χ4n) is 2.78. The second-order valence-electron chi connectivity index (χ2n) is 6.11. The summed E-state index contributed by atoms with van der Waals surface area (Å²) in [6.45, 7) is 3.37. The van der Waals surface area contributed by atoms with Crippen LogP contribution in [0, 0.1) is 11.8 Å². The van der Waals surface area contributed by atoms with Crippen molar-refractivity contribution in [3.05, 3.63) is 40.3 Å². The Bertz CT molecular complexity index is 910. The summed E-state index contributed by atoms with van der Waals surface area (Å²) in [5.41, 5.74) is 6.88. The van der Waals surface area contributed by atoms with Crippen LogP contribution in [0.25, 0.3) is 11.1 Å². The minimum absolute atomic E-state index is 0.323. The van der Waals surface area contributed by atoms with Gasteiger partial charge in [-0.1, -0.05) is 5.92 Å².